The van der Waals surface area contributed by atoms with E-state index in [-0.39, 0.29) is 10.9 Å². The molecule has 6 nitrogen and oxygen atoms in total. The predicted molar refractivity (Wildman–Crippen MR) is 77.2 cm³/mol. The minimum absolute atomic E-state index is 0.0890. The summed E-state index contributed by atoms with van der Waals surface area (Å²) in [7, 11) is 1.30. The van der Waals surface area contributed by atoms with Gasteiger partial charge in [-0.1, -0.05) is 46.3 Å². The number of alkyl halides is 1. The molecule has 5 atom stereocenters. The van der Waals surface area contributed by atoms with Gasteiger partial charge in [-0.3, -0.25) is 4.79 Å². The number of benzene rings is 1. The number of hydrogen-bond acceptors (Lipinski definition) is 6. The number of ketones is 1. The maximum atomic E-state index is 12.6. The highest BCUT2D eigenvalue weighted by atomic mass is 79.9. The van der Waals surface area contributed by atoms with E-state index >= 15 is 0 Å². The SMILES string of the molecule is CO[C@H]1O[C@H](CBr)[C@](O)(C(=O)c2ccccc2)[C@H](O)[C@H]1O. The molecular weight excluding hydrogens is 344 g/mol. The molecule has 116 valence electrons. The summed E-state index contributed by atoms with van der Waals surface area (Å²) in [5.41, 5.74) is -2.05. The lowest BCUT2D eigenvalue weighted by molar-refractivity contribution is -0.302. The Hall–Kier alpha value is -0.830. The van der Waals surface area contributed by atoms with E-state index in [9.17, 15) is 20.1 Å². The molecule has 0 spiro atoms. The van der Waals surface area contributed by atoms with Gasteiger partial charge in [-0.05, 0) is 0 Å². The molecule has 1 saturated heterocycles. The molecule has 1 fully saturated rings. The number of carbonyl (C=O) groups excluding carboxylic acids is 1. The van der Waals surface area contributed by atoms with Crippen LogP contribution in [0.4, 0.5) is 0 Å². The number of aliphatic hydroxyl groups is 3. The Morgan fingerprint density at radius 3 is 2.52 bits per heavy atom. The van der Waals surface area contributed by atoms with Crippen molar-refractivity contribution in [3.8, 4) is 0 Å². The zero-order valence-corrected chi connectivity index (χ0v) is 12.9. The van der Waals surface area contributed by atoms with Gasteiger partial charge in [-0.15, -0.1) is 0 Å². The molecule has 0 unspecified atom stereocenters. The third kappa shape index (κ3) is 2.77. The first kappa shape index (κ1) is 16.5. The zero-order valence-electron chi connectivity index (χ0n) is 11.3. The second-order valence-corrected chi connectivity index (χ2v) is 5.49. The van der Waals surface area contributed by atoms with Crippen molar-refractivity contribution in [2.24, 2.45) is 0 Å². The van der Waals surface area contributed by atoms with Crippen molar-refractivity contribution in [3.05, 3.63) is 35.9 Å². The van der Waals surface area contributed by atoms with Crippen LogP contribution in [0.5, 0.6) is 0 Å². The maximum Gasteiger partial charge on any atom is 0.199 e. The number of Topliss-reactive ketones (excluding diaryl/α,β-unsaturated/α-hetero) is 1. The number of aliphatic hydroxyl groups excluding tert-OH is 2. The largest absolute Gasteiger partial charge is 0.387 e. The quantitative estimate of drug-likeness (QED) is 0.520. The highest BCUT2D eigenvalue weighted by molar-refractivity contribution is 9.09. The van der Waals surface area contributed by atoms with Gasteiger partial charge in [0.2, 0.25) is 0 Å². The molecule has 7 heteroatoms. The van der Waals surface area contributed by atoms with Gasteiger partial charge in [0.05, 0.1) is 0 Å². The Bertz CT molecular complexity index is 491. The predicted octanol–water partition coefficient (Wildman–Crippen LogP) is 0.0884. The average Bonchev–Trinajstić information content (AvgIpc) is 2.53. The number of carbonyl (C=O) groups is 1. The second kappa shape index (κ2) is 6.51. The number of ether oxygens (including phenoxy) is 2. The lowest BCUT2D eigenvalue weighted by atomic mass is 9.79. The van der Waals surface area contributed by atoms with Crippen LogP contribution < -0.4 is 0 Å². The molecule has 0 saturated carbocycles. The van der Waals surface area contributed by atoms with E-state index in [1.807, 2.05) is 0 Å². The van der Waals surface area contributed by atoms with Gasteiger partial charge >= 0.3 is 0 Å². The fourth-order valence-corrected chi connectivity index (χ4v) is 3.04. The van der Waals surface area contributed by atoms with E-state index < -0.39 is 36.0 Å². The first-order valence-electron chi connectivity index (χ1n) is 6.39. The van der Waals surface area contributed by atoms with Gasteiger partial charge in [0.1, 0.15) is 18.3 Å². The van der Waals surface area contributed by atoms with E-state index in [0.717, 1.165) is 0 Å². The topological polar surface area (TPSA) is 96.2 Å². The second-order valence-electron chi connectivity index (χ2n) is 4.84. The van der Waals surface area contributed by atoms with E-state index in [1.165, 1.54) is 19.2 Å². The minimum atomic E-state index is -2.26. The summed E-state index contributed by atoms with van der Waals surface area (Å²) in [6, 6.07) is 8.06. The Morgan fingerprint density at radius 2 is 2.00 bits per heavy atom. The average molecular weight is 361 g/mol. The van der Waals surface area contributed by atoms with E-state index in [0.29, 0.717) is 0 Å². The molecule has 0 bridgehead atoms. The van der Waals surface area contributed by atoms with Gasteiger partial charge in [0.25, 0.3) is 0 Å². The zero-order chi connectivity index (χ0) is 15.6. The summed E-state index contributed by atoms with van der Waals surface area (Å²) in [5, 5.41) is 31.0. The van der Waals surface area contributed by atoms with Crippen LogP contribution in [-0.2, 0) is 9.47 Å². The highest BCUT2D eigenvalue weighted by Gasteiger charge is 2.59. The third-order valence-corrected chi connectivity index (χ3v) is 4.20. The van der Waals surface area contributed by atoms with Crippen molar-refractivity contribution in [1.82, 2.24) is 0 Å². The molecule has 0 aromatic heterocycles. The summed E-state index contributed by atoms with van der Waals surface area (Å²) in [5.74, 6) is -0.714. The van der Waals surface area contributed by atoms with Crippen LogP contribution >= 0.6 is 15.9 Å². The van der Waals surface area contributed by atoms with Crippen molar-refractivity contribution in [3.63, 3.8) is 0 Å². The van der Waals surface area contributed by atoms with Crippen molar-refractivity contribution in [1.29, 1.82) is 0 Å². The van der Waals surface area contributed by atoms with E-state index in [4.69, 9.17) is 9.47 Å². The molecule has 1 heterocycles. The monoisotopic (exact) mass is 360 g/mol. The number of rotatable bonds is 4. The minimum Gasteiger partial charge on any atom is -0.387 e. The van der Waals surface area contributed by atoms with Gasteiger partial charge in [-0.2, -0.15) is 0 Å². The molecule has 21 heavy (non-hydrogen) atoms. The van der Waals surface area contributed by atoms with Crippen LogP contribution in [0.15, 0.2) is 30.3 Å². The Balaban J connectivity index is 2.39. The van der Waals surface area contributed by atoms with Crippen LogP contribution in [0.25, 0.3) is 0 Å². The molecule has 0 aliphatic carbocycles. The normalized spacial score (nSPS) is 36.4. The number of hydrogen-bond donors (Lipinski definition) is 3. The summed E-state index contributed by atoms with van der Waals surface area (Å²) in [6.07, 6.45) is -5.45. The molecule has 2 rings (SSSR count). The maximum absolute atomic E-state index is 12.6. The van der Waals surface area contributed by atoms with Crippen LogP contribution in [0.1, 0.15) is 10.4 Å². The van der Waals surface area contributed by atoms with E-state index in [2.05, 4.69) is 15.9 Å². The van der Waals surface area contributed by atoms with Crippen LogP contribution in [0, 0.1) is 0 Å². The van der Waals surface area contributed by atoms with Crippen LogP contribution in [0.2, 0.25) is 0 Å². The summed E-state index contributed by atoms with van der Waals surface area (Å²) in [6.45, 7) is 0. The molecule has 1 aliphatic rings. The van der Waals surface area contributed by atoms with Gasteiger partial charge in [0, 0.05) is 18.0 Å². The van der Waals surface area contributed by atoms with Crippen molar-refractivity contribution in [2.75, 3.05) is 12.4 Å². The molecule has 1 aliphatic heterocycles. The van der Waals surface area contributed by atoms with Crippen LogP contribution in [0.3, 0.4) is 0 Å². The molecule has 0 amide bonds. The van der Waals surface area contributed by atoms with Crippen molar-refractivity contribution >= 4 is 21.7 Å². The third-order valence-electron chi connectivity index (χ3n) is 3.61. The van der Waals surface area contributed by atoms with Crippen molar-refractivity contribution < 1.29 is 29.6 Å². The number of halogens is 1. The summed E-state index contributed by atoms with van der Waals surface area (Å²) in [4.78, 5) is 12.6. The van der Waals surface area contributed by atoms with Gasteiger partial charge in [0.15, 0.2) is 17.7 Å². The summed E-state index contributed by atoms with van der Waals surface area (Å²) >= 11 is 3.15. The molecule has 3 N–H and O–H groups in total. The molecule has 1 aromatic carbocycles. The highest BCUT2D eigenvalue weighted by Crippen LogP contribution is 2.34. The smallest absolute Gasteiger partial charge is 0.199 e. The standard InChI is InChI=1S/C14H17BrO6/c1-20-13-10(16)12(18)14(19,9(7-15)21-13)11(17)8-5-3-2-4-6-8/h2-6,9-10,12-13,16,18-19H,7H2,1H3/t9-,10-,12-,13+,14+/m1/s1. The fourth-order valence-electron chi connectivity index (χ4n) is 2.40. The Labute approximate surface area is 130 Å². The first-order chi connectivity index (χ1) is 9.96. The van der Waals surface area contributed by atoms with E-state index in [1.54, 1.807) is 18.2 Å². The van der Waals surface area contributed by atoms with Crippen LogP contribution in [-0.4, -0.2) is 63.7 Å². The molecular formula is C14H17BrO6. The first-order valence-corrected chi connectivity index (χ1v) is 7.51. The van der Waals surface area contributed by atoms with Gasteiger partial charge in [-0.25, -0.2) is 0 Å². The Morgan fingerprint density at radius 1 is 1.38 bits per heavy atom. The number of methoxy groups -OCH3 is 1. The molecule has 1 aromatic rings. The van der Waals surface area contributed by atoms with Gasteiger partial charge < -0.3 is 24.8 Å². The Kier molecular flexibility index (Phi) is 5.13. The fraction of sp³-hybridized carbons (Fsp3) is 0.500. The molecule has 0 radical (unpaired) electrons. The summed E-state index contributed by atoms with van der Waals surface area (Å²) < 4.78 is 10.3. The van der Waals surface area contributed by atoms with Crippen molar-refractivity contribution in [2.45, 2.75) is 30.2 Å². The lowest BCUT2D eigenvalue weighted by Crippen LogP contribution is -2.70. The lowest BCUT2D eigenvalue weighted by Gasteiger charge is -2.46.